The summed E-state index contributed by atoms with van der Waals surface area (Å²) in [6.07, 6.45) is 0. The van der Waals surface area contributed by atoms with Gasteiger partial charge in [-0.3, -0.25) is 23.3 Å². The van der Waals surface area contributed by atoms with E-state index in [1.165, 1.54) is 11.6 Å². The lowest BCUT2D eigenvalue weighted by molar-refractivity contribution is 0.0944. The van der Waals surface area contributed by atoms with Crippen molar-refractivity contribution >= 4 is 40.3 Å². The number of nitrogens with one attached hydrogen (secondary N) is 1. The number of aromatic nitrogens is 4. The van der Waals surface area contributed by atoms with Gasteiger partial charge in [-0.05, 0) is 54.1 Å². The van der Waals surface area contributed by atoms with Gasteiger partial charge in [0.25, 0.3) is 11.5 Å². The molecule has 5 rings (SSSR count). The van der Waals surface area contributed by atoms with E-state index in [0.29, 0.717) is 32.7 Å². The molecule has 0 aliphatic rings. The van der Waals surface area contributed by atoms with Gasteiger partial charge in [0.15, 0.2) is 11.2 Å². The number of aliphatic hydroxyl groups is 1. The number of fused-ring (bicyclic) bond motifs is 1. The molecule has 5 aromatic rings. The summed E-state index contributed by atoms with van der Waals surface area (Å²) in [5.41, 5.74) is 1.69. The Kier molecular flexibility index (Phi) is 7.38. The number of aliphatic hydroxyl groups excluding tert-OH is 1. The zero-order valence-corrected chi connectivity index (χ0v) is 22.3. The third-order valence-electron chi connectivity index (χ3n) is 6.29. The molecule has 198 valence electrons. The number of carbonyl (C=O) groups excluding carboxylic acids is 1. The summed E-state index contributed by atoms with van der Waals surface area (Å²) in [5, 5.41) is 12.5. The standard InChI is InChI=1S/C28H23Cl2N5O4/c1-33-27(38)23-25(34(28(33)39)16-17-6-8-18(9-7-17)26(37)31-14-15-36)32-24(21-4-2-3-5-22(21)30)35(23)20-12-10-19(29)11-13-20/h2-13,36H,14-16H2,1H3,(H,31,37). The molecular weight excluding hydrogens is 541 g/mol. The van der Waals surface area contributed by atoms with E-state index in [-0.39, 0.29) is 36.8 Å². The van der Waals surface area contributed by atoms with E-state index in [2.05, 4.69) is 5.32 Å². The first-order valence-corrected chi connectivity index (χ1v) is 12.8. The molecule has 0 radical (unpaired) electrons. The van der Waals surface area contributed by atoms with Gasteiger partial charge in [-0.1, -0.05) is 47.5 Å². The molecular formula is C28H23Cl2N5O4. The van der Waals surface area contributed by atoms with E-state index in [4.69, 9.17) is 33.3 Å². The second-order valence-corrected chi connectivity index (χ2v) is 9.65. The van der Waals surface area contributed by atoms with Crippen LogP contribution in [0.3, 0.4) is 0 Å². The summed E-state index contributed by atoms with van der Waals surface area (Å²) in [6, 6.07) is 20.8. The fourth-order valence-electron chi connectivity index (χ4n) is 4.33. The Morgan fingerprint density at radius 2 is 1.67 bits per heavy atom. The summed E-state index contributed by atoms with van der Waals surface area (Å²) in [4.78, 5) is 43.9. The summed E-state index contributed by atoms with van der Waals surface area (Å²) < 4.78 is 4.15. The van der Waals surface area contributed by atoms with Crippen LogP contribution >= 0.6 is 23.2 Å². The van der Waals surface area contributed by atoms with Crippen molar-refractivity contribution < 1.29 is 9.90 Å². The Balaban J connectivity index is 1.71. The Morgan fingerprint density at radius 3 is 2.33 bits per heavy atom. The van der Waals surface area contributed by atoms with E-state index in [1.807, 2.05) is 6.07 Å². The van der Waals surface area contributed by atoms with Crippen LogP contribution in [0.15, 0.2) is 82.4 Å². The number of imidazole rings is 1. The Morgan fingerprint density at radius 1 is 0.974 bits per heavy atom. The number of hydrogen-bond donors (Lipinski definition) is 2. The first kappa shape index (κ1) is 26.4. The molecule has 0 aliphatic carbocycles. The topological polar surface area (TPSA) is 111 Å². The van der Waals surface area contributed by atoms with E-state index in [9.17, 15) is 14.4 Å². The number of amides is 1. The van der Waals surface area contributed by atoms with E-state index in [0.717, 1.165) is 10.1 Å². The Hall–Kier alpha value is -4.18. The second-order valence-electron chi connectivity index (χ2n) is 8.81. The molecule has 2 aromatic heterocycles. The van der Waals surface area contributed by atoms with Crippen molar-refractivity contribution in [2.75, 3.05) is 13.2 Å². The van der Waals surface area contributed by atoms with Gasteiger partial charge in [0.05, 0.1) is 18.2 Å². The highest BCUT2D eigenvalue weighted by Crippen LogP contribution is 2.32. The maximum atomic E-state index is 13.5. The lowest BCUT2D eigenvalue weighted by Gasteiger charge is -2.12. The fourth-order valence-corrected chi connectivity index (χ4v) is 4.68. The van der Waals surface area contributed by atoms with Gasteiger partial charge in [0, 0.05) is 35.4 Å². The predicted octanol–water partition coefficient (Wildman–Crippen LogP) is 3.63. The number of rotatable bonds is 7. The molecule has 0 spiro atoms. The van der Waals surface area contributed by atoms with Crippen molar-refractivity contribution in [2.45, 2.75) is 6.54 Å². The fraction of sp³-hybridized carbons (Fsp3) is 0.143. The molecule has 9 nitrogen and oxygen atoms in total. The van der Waals surface area contributed by atoms with Crippen molar-refractivity contribution in [1.82, 2.24) is 24.0 Å². The van der Waals surface area contributed by atoms with Crippen molar-refractivity contribution in [3.8, 4) is 17.1 Å². The molecule has 11 heteroatoms. The molecule has 39 heavy (non-hydrogen) atoms. The van der Waals surface area contributed by atoms with Crippen LogP contribution in [-0.2, 0) is 13.6 Å². The van der Waals surface area contributed by atoms with Crippen molar-refractivity contribution in [3.05, 3.63) is 115 Å². The van der Waals surface area contributed by atoms with Crippen molar-refractivity contribution in [3.63, 3.8) is 0 Å². The third kappa shape index (κ3) is 4.99. The van der Waals surface area contributed by atoms with E-state index in [1.54, 1.807) is 71.3 Å². The van der Waals surface area contributed by atoms with Crippen LogP contribution in [0.25, 0.3) is 28.2 Å². The first-order chi connectivity index (χ1) is 18.8. The molecule has 0 bridgehead atoms. The normalized spacial score (nSPS) is 11.2. The predicted molar refractivity (Wildman–Crippen MR) is 151 cm³/mol. The highest BCUT2D eigenvalue weighted by Gasteiger charge is 2.23. The molecule has 2 heterocycles. The molecule has 0 saturated carbocycles. The van der Waals surface area contributed by atoms with Gasteiger partial charge in [-0.2, -0.15) is 0 Å². The third-order valence-corrected chi connectivity index (χ3v) is 6.88. The largest absolute Gasteiger partial charge is 0.395 e. The Labute approximate surface area is 232 Å². The van der Waals surface area contributed by atoms with Gasteiger partial charge in [-0.15, -0.1) is 0 Å². The monoisotopic (exact) mass is 563 g/mol. The highest BCUT2D eigenvalue weighted by atomic mass is 35.5. The molecule has 2 N–H and O–H groups in total. The summed E-state index contributed by atoms with van der Waals surface area (Å²) in [7, 11) is 1.42. The molecule has 3 aromatic carbocycles. The summed E-state index contributed by atoms with van der Waals surface area (Å²) in [5.74, 6) is 0.0774. The first-order valence-electron chi connectivity index (χ1n) is 12.0. The highest BCUT2D eigenvalue weighted by molar-refractivity contribution is 6.33. The maximum Gasteiger partial charge on any atom is 0.332 e. The summed E-state index contributed by atoms with van der Waals surface area (Å²) in [6.45, 7) is 0.0892. The molecule has 1 amide bonds. The Bertz CT molecular complexity index is 1810. The van der Waals surface area contributed by atoms with Crippen molar-refractivity contribution in [2.24, 2.45) is 7.05 Å². The average molecular weight is 564 g/mol. The van der Waals surface area contributed by atoms with Crippen LogP contribution in [0.1, 0.15) is 15.9 Å². The van der Waals surface area contributed by atoms with Crippen LogP contribution in [-0.4, -0.2) is 42.9 Å². The van der Waals surface area contributed by atoms with E-state index < -0.39 is 11.2 Å². The maximum absolute atomic E-state index is 13.5. The molecule has 0 aliphatic heterocycles. The second kappa shape index (κ2) is 10.9. The quantitative estimate of drug-likeness (QED) is 0.314. The molecule has 0 unspecified atom stereocenters. The van der Waals surface area contributed by atoms with Crippen LogP contribution in [0.5, 0.6) is 0 Å². The smallest absolute Gasteiger partial charge is 0.332 e. The van der Waals surface area contributed by atoms with Gasteiger partial charge < -0.3 is 10.4 Å². The van der Waals surface area contributed by atoms with E-state index >= 15 is 0 Å². The number of benzene rings is 3. The minimum absolute atomic E-state index is 0.0988. The zero-order chi connectivity index (χ0) is 27.7. The van der Waals surface area contributed by atoms with Gasteiger partial charge >= 0.3 is 5.69 Å². The van der Waals surface area contributed by atoms with Crippen LogP contribution in [0.2, 0.25) is 10.0 Å². The number of halogens is 2. The summed E-state index contributed by atoms with van der Waals surface area (Å²) >= 11 is 12.7. The number of carbonyl (C=O) groups is 1. The average Bonchev–Trinajstić information content (AvgIpc) is 3.34. The lowest BCUT2D eigenvalue weighted by Crippen LogP contribution is -2.39. The van der Waals surface area contributed by atoms with Crippen LogP contribution in [0, 0.1) is 0 Å². The van der Waals surface area contributed by atoms with Gasteiger partial charge in [0.1, 0.15) is 5.82 Å². The number of hydrogen-bond acceptors (Lipinski definition) is 5. The van der Waals surface area contributed by atoms with Gasteiger partial charge in [-0.25, -0.2) is 9.78 Å². The minimum Gasteiger partial charge on any atom is -0.395 e. The van der Waals surface area contributed by atoms with Crippen LogP contribution < -0.4 is 16.6 Å². The SMILES string of the molecule is Cn1c(=O)c2c(nc(-c3ccccc3Cl)n2-c2ccc(Cl)cc2)n(Cc2ccc(C(=O)NCCO)cc2)c1=O. The van der Waals surface area contributed by atoms with Crippen molar-refractivity contribution in [1.29, 1.82) is 0 Å². The molecule has 0 atom stereocenters. The van der Waals surface area contributed by atoms with Gasteiger partial charge in [0.2, 0.25) is 0 Å². The minimum atomic E-state index is -0.538. The lowest BCUT2D eigenvalue weighted by atomic mass is 10.1. The zero-order valence-electron chi connectivity index (χ0n) is 20.8. The molecule has 0 fully saturated rings. The van der Waals surface area contributed by atoms with Crippen LogP contribution in [0.4, 0.5) is 0 Å². The number of nitrogens with zero attached hydrogens (tertiary/aromatic N) is 4. The molecule has 0 saturated heterocycles.